The molecule has 0 radical (unpaired) electrons. The molecule has 106 valence electrons. The molecule has 0 aliphatic rings. The topological polar surface area (TPSA) is 88.2 Å². The second kappa shape index (κ2) is 6.50. The van der Waals surface area contributed by atoms with E-state index in [9.17, 15) is 10.1 Å². The second-order valence-electron chi connectivity index (χ2n) is 4.29. The summed E-state index contributed by atoms with van der Waals surface area (Å²) in [6, 6.07) is 13.3. The van der Waals surface area contributed by atoms with E-state index in [-0.39, 0.29) is 17.0 Å². The molecule has 0 aliphatic heterocycles. The van der Waals surface area contributed by atoms with Crippen LogP contribution in [0.5, 0.6) is 11.5 Å². The van der Waals surface area contributed by atoms with Crippen LogP contribution in [0.3, 0.4) is 0 Å². The van der Waals surface area contributed by atoms with E-state index in [0.29, 0.717) is 12.3 Å². The number of ether oxygens (including phenoxy) is 1. The predicted molar refractivity (Wildman–Crippen MR) is 77.1 cm³/mol. The number of nitrogens with one attached hydrogen (secondary N) is 1. The van der Waals surface area contributed by atoms with Crippen molar-refractivity contribution in [3.63, 3.8) is 0 Å². The van der Waals surface area contributed by atoms with Crippen molar-refractivity contribution >= 4 is 5.69 Å². The lowest BCUT2D eigenvalue weighted by atomic mass is 10.2. The fourth-order valence-electron chi connectivity index (χ4n) is 1.87. The van der Waals surface area contributed by atoms with Gasteiger partial charge in [0.15, 0.2) is 0 Å². The Morgan fingerprint density at radius 1 is 1.29 bits per heavy atom. The third kappa shape index (κ3) is 3.35. The van der Waals surface area contributed by atoms with Gasteiger partial charge in [0.1, 0.15) is 5.75 Å². The summed E-state index contributed by atoms with van der Waals surface area (Å²) in [5.41, 5.74) is 0.879. The van der Waals surface area contributed by atoms with Crippen LogP contribution in [0, 0.1) is 21.4 Å². The summed E-state index contributed by atoms with van der Waals surface area (Å²) in [6.07, 6.45) is 0. The number of para-hydroxylation sites is 1. The van der Waals surface area contributed by atoms with Crippen molar-refractivity contribution in [1.29, 1.82) is 5.26 Å². The molecule has 21 heavy (non-hydrogen) atoms. The summed E-state index contributed by atoms with van der Waals surface area (Å²) in [6.45, 7) is 0.584. The average Bonchev–Trinajstić information content (AvgIpc) is 2.49. The second-order valence-corrected chi connectivity index (χ2v) is 4.29. The van der Waals surface area contributed by atoms with Crippen molar-refractivity contribution < 1.29 is 9.66 Å². The number of nitriles is 1. The van der Waals surface area contributed by atoms with E-state index >= 15 is 0 Å². The number of nitro groups is 1. The first-order valence-corrected chi connectivity index (χ1v) is 6.24. The van der Waals surface area contributed by atoms with Gasteiger partial charge < -0.3 is 10.1 Å². The van der Waals surface area contributed by atoms with Crippen LogP contribution in [-0.2, 0) is 6.54 Å². The summed E-state index contributed by atoms with van der Waals surface area (Å²) >= 11 is 0. The van der Waals surface area contributed by atoms with E-state index in [1.54, 1.807) is 19.2 Å². The first-order chi connectivity index (χ1) is 10.2. The Bertz CT molecular complexity index is 708. The van der Waals surface area contributed by atoms with Crippen molar-refractivity contribution in [1.82, 2.24) is 5.32 Å². The Morgan fingerprint density at radius 2 is 2.05 bits per heavy atom. The average molecular weight is 283 g/mol. The highest BCUT2D eigenvalue weighted by atomic mass is 16.6. The molecule has 0 aromatic heterocycles. The first-order valence-electron chi connectivity index (χ1n) is 6.24. The van der Waals surface area contributed by atoms with Gasteiger partial charge in [0.05, 0.1) is 16.6 Å². The lowest BCUT2D eigenvalue weighted by molar-refractivity contribution is -0.385. The van der Waals surface area contributed by atoms with Crippen LogP contribution in [0.1, 0.15) is 11.1 Å². The van der Waals surface area contributed by atoms with Crippen molar-refractivity contribution in [3.05, 3.63) is 63.7 Å². The Labute approximate surface area is 121 Å². The van der Waals surface area contributed by atoms with Crippen molar-refractivity contribution in [2.24, 2.45) is 0 Å². The van der Waals surface area contributed by atoms with Gasteiger partial charge in [-0.15, -0.1) is 0 Å². The minimum absolute atomic E-state index is 0.113. The molecule has 0 atom stereocenters. The molecular weight excluding hydrogens is 270 g/mol. The smallest absolute Gasteiger partial charge is 0.312 e. The molecule has 2 rings (SSSR count). The Hall–Kier alpha value is -2.91. The van der Waals surface area contributed by atoms with Gasteiger partial charge in [0.2, 0.25) is 5.75 Å². The number of benzene rings is 2. The molecule has 2 aromatic rings. The summed E-state index contributed by atoms with van der Waals surface area (Å²) in [5.74, 6) is 0.655. The molecule has 0 bridgehead atoms. The van der Waals surface area contributed by atoms with Crippen LogP contribution in [0.4, 0.5) is 5.69 Å². The molecule has 0 aliphatic carbocycles. The highest BCUT2D eigenvalue weighted by Crippen LogP contribution is 2.33. The molecule has 0 fully saturated rings. The lowest BCUT2D eigenvalue weighted by Gasteiger charge is -2.11. The third-order valence-corrected chi connectivity index (χ3v) is 2.84. The maximum atomic E-state index is 11.1. The van der Waals surface area contributed by atoms with Gasteiger partial charge in [0, 0.05) is 18.2 Å². The van der Waals surface area contributed by atoms with Crippen molar-refractivity contribution in [3.8, 4) is 17.6 Å². The largest absolute Gasteiger partial charge is 0.450 e. The summed E-state index contributed by atoms with van der Waals surface area (Å²) < 4.78 is 5.66. The normalized spacial score (nSPS) is 9.90. The zero-order valence-electron chi connectivity index (χ0n) is 11.4. The van der Waals surface area contributed by atoms with E-state index in [1.807, 2.05) is 18.2 Å². The van der Waals surface area contributed by atoms with Gasteiger partial charge >= 0.3 is 5.69 Å². The molecule has 0 amide bonds. The van der Waals surface area contributed by atoms with Crippen LogP contribution in [0.2, 0.25) is 0 Å². The standard InChI is InChI=1S/C15H13N3O3/c1-17-10-12-4-2-3-5-14(12)21-15-7-6-11(9-16)8-13(15)18(19)20/h2-8,17H,10H2,1H3. The quantitative estimate of drug-likeness (QED) is 0.673. The van der Waals surface area contributed by atoms with E-state index < -0.39 is 4.92 Å². The molecule has 2 aromatic carbocycles. The Kier molecular flexibility index (Phi) is 4.49. The van der Waals surface area contributed by atoms with Crippen molar-refractivity contribution in [2.45, 2.75) is 6.54 Å². The highest BCUT2D eigenvalue weighted by Gasteiger charge is 2.17. The van der Waals surface area contributed by atoms with Gasteiger partial charge in [-0.1, -0.05) is 18.2 Å². The lowest BCUT2D eigenvalue weighted by Crippen LogP contribution is -2.06. The SMILES string of the molecule is CNCc1ccccc1Oc1ccc(C#N)cc1[N+](=O)[O-]. The zero-order chi connectivity index (χ0) is 15.2. The monoisotopic (exact) mass is 283 g/mol. The number of rotatable bonds is 5. The molecule has 1 N–H and O–H groups in total. The van der Waals surface area contributed by atoms with Gasteiger partial charge in [0.25, 0.3) is 0 Å². The number of nitrogens with zero attached hydrogens (tertiary/aromatic N) is 2. The Morgan fingerprint density at radius 3 is 2.71 bits per heavy atom. The zero-order valence-corrected chi connectivity index (χ0v) is 11.4. The first kappa shape index (κ1) is 14.5. The van der Waals surface area contributed by atoms with Crippen LogP contribution >= 0.6 is 0 Å². The fraction of sp³-hybridized carbons (Fsp3) is 0.133. The van der Waals surface area contributed by atoms with Gasteiger partial charge in [-0.05, 0) is 25.2 Å². The maximum Gasteiger partial charge on any atom is 0.312 e. The van der Waals surface area contributed by atoms with E-state index in [1.165, 1.54) is 18.2 Å². The minimum atomic E-state index is -0.559. The van der Waals surface area contributed by atoms with E-state index in [0.717, 1.165) is 5.56 Å². The van der Waals surface area contributed by atoms with Gasteiger partial charge in [-0.25, -0.2) is 0 Å². The molecule has 0 spiro atoms. The minimum Gasteiger partial charge on any atom is -0.450 e. The van der Waals surface area contributed by atoms with Crippen LogP contribution in [0.15, 0.2) is 42.5 Å². The van der Waals surface area contributed by atoms with Gasteiger partial charge in [-0.2, -0.15) is 5.26 Å². The molecule has 0 saturated carbocycles. The van der Waals surface area contributed by atoms with Crippen molar-refractivity contribution in [2.75, 3.05) is 7.05 Å². The summed E-state index contributed by atoms with van der Waals surface area (Å²) in [5, 5.41) is 22.9. The fourth-order valence-corrected chi connectivity index (χ4v) is 1.87. The molecule has 0 unspecified atom stereocenters. The van der Waals surface area contributed by atoms with Crippen LogP contribution in [0.25, 0.3) is 0 Å². The Balaban J connectivity index is 2.40. The number of hydrogen-bond acceptors (Lipinski definition) is 5. The molecule has 6 nitrogen and oxygen atoms in total. The van der Waals surface area contributed by atoms with Crippen LogP contribution in [-0.4, -0.2) is 12.0 Å². The molecular formula is C15H13N3O3. The molecule has 0 heterocycles. The summed E-state index contributed by atoms with van der Waals surface area (Å²) in [7, 11) is 1.81. The maximum absolute atomic E-state index is 11.1. The molecule has 6 heteroatoms. The van der Waals surface area contributed by atoms with E-state index in [4.69, 9.17) is 10.00 Å². The van der Waals surface area contributed by atoms with Crippen LogP contribution < -0.4 is 10.1 Å². The number of hydrogen-bond donors (Lipinski definition) is 1. The molecule has 0 saturated heterocycles. The third-order valence-electron chi connectivity index (χ3n) is 2.84. The predicted octanol–water partition coefficient (Wildman–Crippen LogP) is 2.98. The number of nitro benzene ring substituents is 1. The highest BCUT2D eigenvalue weighted by molar-refractivity contribution is 5.53. The van der Waals surface area contributed by atoms with Gasteiger partial charge in [-0.3, -0.25) is 10.1 Å². The summed E-state index contributed by atoms with van der Waals surface area (Å²) in [4.78, 5) is 10.5. The van der Waals surface area contributed by atoms with E-state index in [2.05, 4.69) is 5.32 Å².